The van der Waals surface area contributed by atoms with E-state index in [-0.39, 0.29) is 5.41 Å². The van der Waals surface area contributed by atoms with Crippen LogP contribution in [0.4, 0.5) is 0 Å². The third-order valence-electron chi connectivity index (χ3n) is 11.1. The quantitative estimate of drug-likeness (QED) is 0.186. The van der Waals surface area contributed by atoms with E-state index >= 15 is 0 Å². The minimum atomic E-state index is -0.153. The van der Waals surface area contributed by atoms with Gasteiger partial charge in [0.2, 0.25) is 5.95 Å². The SMILES string of the molecule is CC1(C)c2ccccc2-c2cc3c4ccccc4n(-c4nc(-c5ccc(-c6ccccc6)cc5)nc(-c5ccc6c(c5)oc5ccccc56)n4)c3cc21. The summed E-state index contributed by atoms with van der Waals surface area (Å²) in [4.78, 5) is 15.7. The first-order valence-corrected chi connectivity index (χ1v) is 18.0. The van der Waals surface area contributed by atoms with Crippen molar-refractivity contribution in [3.63, 3.8) is 0 Å². The molecule has 0 radical (unpaired) electrons. The number of para-hydroxylation sites is 2. The van der Waals surface area contributed by atoms with E-state index < -0.39 is 0 Å². The lowest BCUT2D eigenvalue weighted by atomic mass is 9.82. The molecule has 3 heterocycles. The smallest absolute Gasteiger partial charge is 0.238 e. The summed E-state index contributed by atoms with van der Waals surface area (Å²) < 4.78 is 8.53. The Balaban J connectivity index is 1.16. The highest BCUT2D eigenvalue weighted by Crippen LogP contribution is 2.51. The zero-order valence-electron chi connectivity index (χ0n) is 29.2. The lowest BCUT2D eigenvalue weighted by Crippen LogP contribution is -2.15. The molecule has 0 spiro atoms. The van der Waals surface area contributed by atoms with Gasteiger partial charge in [-0.25, -0.2) is 4.98 Å². The molecule has 5 heteroatoms. The Hall–Kier alpha value is -6.85. The zero-order chi connectivity index (χ0) is 35.3. The third kappa shape index (κ3) is 4.47. The van der Waals surface area contributed by atoms with Crippen LogP contribution in [0.3, 0.4) is 0 Å². The van der Waals surface area contributed by atoms with Gasteiger partial charge in [-0.2, -0.15) is 9.97 Å². The largest absolute Gasteiger partial charge is 0.456 e. The van der Waals surface area contributed by atoms with Crippen LogP contribution in [0.25, 0.3) is 94.7 Å². The second-order valence-corrected chi connectivity index (χ2v) is 14.5. The minimum Gasteiger partial charge on any atom is -0.456 e. The van der Waals surface area contributed by atoms with E-state index in [2.05, 4.69) is 152 Å². The van der Waals surface area contributed by atoms with Gasteiger partial charge < -0.3 is 4.42 Å². The Morgan fingerprint density at radius 1 is 0.434 bits per heavy atom. The Kier molecular flexibility index (Phi) is 6.23. The fraction of sp³-hybridized carbons (Fsp3) is 0.0625. The van der Waals surface area contributed by atoms with Gasteiger partial charge in [0.15, 0.2) is 11.6 Å². The standard InChI is InChI=1S/C48H32N4O/c1-48(2)39-17-9-6-14-33(39)37-27-38-34-15-7-10-18-41(34)52(42(38)28-40(37)48)47-50-45(31-22-20-30(21-23-31)29-12-4-3-5-13-29)49-46(51-47)32-24-25-36-35-16-8-11-19-43(35)53-44(36)26-32/h3-28H,1-2H3. The number of fused-ring (bicyclic) bond motifs is 9. The molecule has 0 N–H and O–H groups in total. The summed E-state index contributed by atoms with van der Waals surface area (Å²) in [6, 6.07) is 55.4. The van der Waals surface area contributed by atoms with E-state index in [1.165, 1.54) is 27.6 Å². The molecule has 0 saturated carbocycles. The highest BCUT2D eigenvalue weighted by molar-refractivity contribution is 6.11. The molecule has 5 nitrogen and oxygen atoms in total. The van der Waals surface area contributed by atoms with Crippen LogP contribution < -0.4 is 0 Å². The van der Waals surface area contributed by atoms with Crippen LogP contribution in [0, 0.1) is 0 Å². The highest BCUT2D eigenvalue weighted by Gasteiger charge is 2.36. The van der Waals surface area contributed by atoms with Gasteiger partial charge in [-0.3, -0.25) is 4.57 Å². The minimum absolute atomic E-state index is 0.153. The molecule has 0 saturated heterocycles. The molecule has 3 aromatic heterocycles. The summed E-state index contributed by atoms with van der Waals surface area (Å²) in [7, 11) is 0. The van der Waals surface area contributed by atoms with Crippen molar-refractivity contribution < 1.29 is 4.42 Å². The summed E-state index contributed by atoms with van der Waals surface area (Å²) in [5.74, 6) is 1.76. The van der Waals surface area contributed by atoms with E-state index in [4.69, 9.17) is 19.4 Å². The maximum Gasteiger partial charge on any atom is 0.238 e. The fourth-order valence-corrected chi connectivity index (χ4v) is 8.41. The lowest BCUT2D eigenvalue weighted by molar-refractivity contribution is 0.661. The van der Waals surface area contributed by atoms with Crippen LogP contribution in [0.1, 0.15) is 25.0 Å². The summed E-state index contributed by atoms with van der Waals surface area (Å²) in [6.07, 6.45) is 0. The van der Waals surface area contributed by atoms with E-state index in [0.717, 1.165) is 60.6 Å². The van der Waals surface area contributed by atoms with Gasteiger partial charge in [0, 0.05) is 38.1 Å². The Bertz CT molecular complexity index is 3080. The zero-order valence-corrected chi connectivity index (χ0v) is 29.2. The summed E-state index contributed by atoms with van der Waals surface area (Å²) in [5.41, 5.74) is 12.9. The average molecular weight is 681 g/mol. The van der Waals surface area contributed by atoms with Crippen molar-refractivity contribution in [1.82, 2.24) is 19.5 Å². The van der Waals surface area contributed by atoms with E-state index in [9.17, 15) is 0 Å². The van der Waals surface area contributed by atoms with Crippen molar-refractivity contribution >= 4 is 43.7 Å². The van der Waals surface area contributed by atoms with Gasteiger partial charge in [-0.15, -0.1) is 0 Å². The summed E-state index contributed by atoms with van der Waals surface area (Å²) in [5, 5.41) is 4.49. The molecule has 0 atom stereocenters. The number of rotatable bonds is 4. The molecular weight excluding hydrogens is 649 g/mol. The molecule has 1 aliphatic rings. The van der Waals surface area contributed by atoms with Gasteiger partial charge in [0.25, 0.3) is 0 Å². The highest BCUT2D eigenvalue weighted by atomic mass is 16.3. The van der Waals surface area contributed by atoms with Crippen LogP contribution in [0.15, 0.2) is 162 Å². The van der Waals surface area contributed by atoms with Crippen molar-refractivity contribution in [1.29, 1.82) is 0 Å². The van der Waals surface area contributed by atoms with Crippen LogP contribution in [0.2, 0.25) is 0 Å². The van der Waals surface area contributed by atoms with Crippen molar-refractivity contribution in [2.75, 3.05) is 0 Å². The molecule has 10 aromatic rings. The molecule has 0 unspecified atom stereocenters. The second-order valence-electron chi connectivity index (χ2n) is 14.5. The fourth-order valence-electron chi connectivity index (χ4n) is 8.41. The van der Waals surface area contributed by atoms with Gasteiger partial charge in [-0.05, 0) is 69.8 Å². The van der Waals surface area contributed by atoms with Crippen LogP contribution in [-0.4, -0.2) is 19.5 Å². The summed E-state index contributed by atoms with van der Waals surface area (Å²) in [6.45, 7) is 4.64. The molecule has 0 amide bonds. The molecule has 0 bridgehead atoms. The predicted octanol–water partition coefficient (Wildman–Crippen LogP) is 12.2. The van der Waals surface area contributed by atoms with E-state index in [0.29, 0.717) is 17.6 Å². The molecule has 11 rings (SSSR count). The topological polar surface area (TPSA) is 56.7 Å². The first-order valence-electron chi connectivity index (χ1n) is 18.0. The second kappa shape index (κ2) is 11.1. The Labute approximate surface area is 305 Å². The predicted molar refractivity (Wildman–Crippen MR) is 215 cm³/mol. The van der Waals surface area contributed by atoms with Gasteiger partial charge in [0.05, 0.1) is 11.0 Å². The number of benzene rings is 7. The monoisotopic (exact) mass is 680 g/mol. The molecule has 0 fully saturated rings. The van der Waals surface area contributed by atoms with Crippen LogP contribution in [-0.2, 0) is 5.41 Å². The molecule has 1 aliphatic carbocycles. The van der Waals surface area contributed by atoms with Gasteiger partial charge >= 0.3 is 0 Å². The van der Waals surface area contributed by atoms with Crippen LogP contribution >= 0.6 is 0 Å². The summed E-state index contributed by atoms with van der Waals surface area (Å²) >= 11 is 0. The lowest BCUT2D eigenvalue weighted by Gasteiger charge is -2.21. The molecule has 250 valence electrons. The first kappa shape index (κ1) is 29.8. The number of hydrogen-bond acceptors (Lipinski definition) is 4. The van der Waals surface area contributed by atoms with Gasteiger partial charge in [0.1, 0.15) is 11.2 Å². The molecular formula is C48H32N4O. The van der Waals surface area contributed by atoms with E-state index in [1.807, 2.05) is 24.3 Å². The third-order valence-corrected chi connectivity index (χ3v) is 11.1. The van der Waals surface area contributed by atoms with Crippen molar-refractivity contribution in [3.8, 4) is 51.0 Å². The Morgan fingerprint density at radius 2 is 1.08 bits per heavy atom. The van der Waals surface area contributed by atoms with Gasteiger partial charge in [-0.1, -0.05) is 135 Å². The molecule has 53 heavy (non-hydrogen) atoms. The Morgan fingerprint density at radius 3 is 1.92 bits per heavy atom. The average Bonchev–Trinajstić information content (AvgIpc) is 3.82. The number of hydrogen-bond donors (Lipinski definition) is 0. The maximum atomic E-state index is 6.31. The first-order chi connectivity index (χ1) is 26.0. The normalized spacial score (nSPS) is 13.2. The van der Waals surface area contributed by atoms with Crippen molar-refractivity contribution in [3.05, 3.63) is 169 Å². The number of aromatic nitrogens is 4. The molecule has 0 aliphatic heterocycles. The maximum absolute atomic E-state index is 6.31. The van der Waals surface area contributed by atoms with Crippen LogP contribution in [0.5, 0.6) is 0 Å². The van der Waals surface area contributed by atoms with Crippen molar-refractivity contribution in [2.24, 2.45) is 0 Å². The number of nitrogens with zero attached hydrogens (tertiary/aromatic N) is 4. The van der Waals surface area contributed by atoms with Crippen molar-refractivity contribution in [2.45, 2.75) is 19.3 Å². The number of furan rings is 1. The molecule has 7 aromatic carbocycles. The van der Waals surface area contributed by atoms with E-state index in [1.54, 1.807) is 0 Å².